The van der Waals surface area contributed by atoms with Crippen molar-refractivity contribution in [3.05, 3.63) is 17.7 Å². The molecule has 0 aromatic heterocycles. The van der Waals surface area contributed by atoms with E-state index in [9.17, 15) is 24.9 Å². The van der Waals surface area contributed by atoms with E-state index in [0.29, 0.717) is 6.29 Å². The van der Waals surface area contributed by atoms with Gasteiger partial charge in [-0.1, -0.05) is 0 Å². The highest BCUT2D eigenvalue weighted by atomic mass is 16.6. The molecule has 1 amide bonds. The van der Waals surface area contributed by atoms with Gasteiger partial charge in [-0.2, -0.15) is 0 Å². The molecule has 0 radical (unpaired) electrons. The summed E-state index contributed by atoms with van der Waals surface area (Å²) in [5.74, 6) is -1.98. The third-order valence-corrected chi connectivity index (χ3v) is 2.30. The van der Waals surface area contributed by atoms with Gasteiger partial charge in [0.15, 0.2) is 11.5 Å². The average molecular weight is 283 g/mol. The van der Waals surface area contributed by atoms with Crippen molar-refractivity contribution in [2.75, 3.05) is 0 Å². The minimum Gasteiger partial charge on any atom is -0.504 e. The van der Waals surface area contributed by atoms with Crippen LogP contribution in [0.5, 0.6) is 17.2 Å². The molecule has 0 saturated carbocycles. The first-order valence-electron chi connectivity index (χ1n) is 5.84. The van der Waals surface area contributed by atoms with Crippen LogP contribution in [0.25, 0.3) is 0 Å². The molecule has 0 heterocycles. The largest absolute Gasteiger partial charge is 0.504 e. The number of aldehydes is 1. The maximum Gasteiger partial charge on any atom is 0.408 e. The monoisotopic (exact) mass is 283 g/mol. The SMILES string of the molecule is CC(C)(C)OC(=O)NC(C=O)c1ccc(O)c(O)c1O. The average Bonchev–Trinajstić information content (AvgIpc) is 2.32. The van der Waals surface area contributed by atoms with Crippen molar-refractivity contribution in [1.29, 1.82) is 0 Å². The maximum atomic E-state index is 11.6. The van der Waals surface area contributed by atoms with Crippen LogP contribution in [0, 0.1) is 0 Å². The summed E-state index contributed by atoms with van der Waals surface area (Å²) in [5.41, 5.74) is -0.794. The number of aromatic hydroxyl groups is 3. The van der Waals surface area contributed by atoms with Crippen molar-refractivity contribution in [3.8, 4) is 17.2 Å². The molecule has 20 heavy (non-hydrogen) atoms. The lowest BCUT2D eigenvalue weighted by Crippen LogP contribution is -2.35. The predicted molar refractivity (Wildman–Crippen MR) is 69.6 cm³/mol. The van der Waals surface area contributed by atoms with E-state index in [0.717, 1.165) is 6.07 Å². The van der Waals surface area contributed by atoms with E-state index in [1.54, 1.807) is 20.8 Å². The number of rotatable bonds is 3. The van der Waals surface area contributed by atoms with Gasteiger partial charge in [-0.3, -0.25) is 0 Å². The summed E-state index contributed by atoms with van der Waals surface area (Å²) < 4.78 is 4.98. The lowest BCUT2D eigenvalue weighted by molar-refractivity contribution is -0.109. The van der Waals surface area contributed by atoms with Crippen LogP contribution in [0.3, 0.4) is 0 Å². The van der Waals surface area contributed by atoms with Crippen LogP contribution in [0.15, 0.2) is 12.1 Å². The maximum absolute atomic E-state index is 11.6. The Hall–Kier alpha value is -2.44. The lowest BCUT2D eigenvalue weighted by Gasteiger charge is -2.22. The number of amides is 1. The molecule has 0 aliphatic carbocycles. The van der Waals surface area contributed by atoms with E-state index in [4.69, 9.17) is 4.74 Å². The second-order valence-corrected chi connectivity index (χ2v) is 5.13. The van der Waals surface area contributed by atoms with E-state index < -0.39 is 35.0 Å². The Bertz CT molecular complexity index is 520. The first kappa shape index (κ1) is 15.6. The molecule has 0 fully saturated rings. The molecule has 1 aromatic carbocycles. The molecule has 1 unspecified atom stereocenters. The summed E-state index contributed by atoms with van der Waals surface area (Å²) in [7, 11) is 0. The van der Waals surface area contributed by atoms with Crippen LogP contribution in [-0.2, 0) is 9.53 Å². The van der Waals surface area contributed by atoms with Crippen molar-refractivity contribution in [2.45, 2.75) is 32.4 Å². The minimum atomic E-state index is -1.21. The Balaban J connectivity index is 2.95. The van der Waals surface area contributed by atoms with Crippen LogP contribution in [-0.4, -0.2) is 33.3 Å². The fourth-order valence-corrected chi connectivity index (χ4v) is 1.46. The van der Waals surface area contributed by atoms with Crippen molar-refractivity contribution in [3.63, 3.8) is 0 Å². The first-order valence-corrected chi connectivity index (χ1v) is 5.84. The van der Waals surface area contributed by atoms with Gasteiger partial charge in [0, 0.05) is 5.56 Å². The second-order valence-electron chi connectivity index (χ2n) is 5.13. The molecule has 0 saturated heterocycles. The Kier molecular flexibility index (Phi) is 4.44. The van der Waals surface area contributed by atoms with Crippen molar-refractivity contribution < 1.29 is 29.6 Å². The first-order chi connectivity index (χ1) is 9.15. The second kappa shape index (κ2) is 5.68. The lowest BCUT2D eigenvalue weighted by atomic mass is 10.1. The Labute approximate surface area is 115 Å². The quantitative estimate of drug-likeness (QED) is 0.494. The van der Waals surface area contributed by atoms with E-state index in [2.05, 4.69) is 5.32 Å². The van der Waals surface area contributed by atoms with Crippen molar-refractivity contribution in [1.82, 2.24) is 5.32 Å². The fourth-order valence-electron chi connectivity index (χ4n) is 1.46. The van der Waals surface area contributed by atoms with Crippen molar-refractivity contribution >= 4 is 12.4 Å². The zero-order valence-corrected chi connectivity index (χ0v) is 11.4. The number of carbonyl (C=O) groups excluding carboxylic acids is 2. The number of nitrogens with one attached hydrogen (secondary N) is 1. The van der Waals surface area contributed by atoms with Gasteiger partial charge in [-0.15, -0.1) is 0 Å². The zero-order chi connectivity index (χ0) is 15.5. The number of alkyl carbamates (subject to hydrolysis) is 1. The number of phenolic OH excluding ortho intramolecular Hbond substituents is 3. The predicted octanol–water partition coefficient (Wildman–Crippen LogP) is 1.57. The molecule has 7 heteroatoms. The van der Waals surface area contributed by atoms with E-state index in [1.807, 2.05) is 0 Å². The van der Waals surface area contributed by atoms with Gasteiger partial charge >= 0.3 is 6.09 Å². The number of hydrogen-bond donors (Lipinski definition) is 4. The summed E-state index contributed by atoms with van der Waals surface area (Å²) in [6.45, 7) is 4.98. The Morgan fingerprint density at radius 1 is 1.25 bits per heavy atom. The molecule has 0 aliphatic rings. The normalized spacial score (nSPS) is 12.6. The van der Waals surface area contributed by atoms with Gasteiger partial charge in [-0.25, -0.2) is 4.79 Å². The highest BCUT2D eigenvalue weighted by Crippen LogP contribution is 2.39. The molecule has 0 bridgehead atoms. The fraction of sp³-hybridized carbons (Fsp3) is 0.385. The number of phenols is 3. The highest BCUT2D eigenvalue weighted by Gasteiger charge is 2.23. The molecule has 0 spiro atoms. The Morgan fingerprint density at radius 2 is 1.85 bits per heavy atom. The summed E-state index contributed by atoms with van der Waals surface area (Å²) in [6.07, 6.45) is -0.475. The summed E-state index contributed by atoms with van der Waals surface area (Å²) in [5, 5.41) is 30.5. The van der Waals surface area contributed by atoms with E-state index in [-0.39, 0.29) is 5.56 Å². The number of benzene rings is 1. The molecule has 7 nitrogen and oxygen atoms in total. The van der Waals surface area contributed by atoms with Crippen LogP contribution in [0.1, 0.15) is 32.4 Å². The smallest absolute Gasteiger partial charge is 0.408 e. The van der Waals surface area contributed by atoms with Crippen molar-refractivity contribution in [2.24, 2.45) is 0 Å². The zero-order valence-electron chi connectivity index (χ0n) is 11.4. The molecular formula is C13H17NO6. The van der Waals surface area contributed by atoms with Gasteiger partial charge in [-0.05, 0) is 32.9 Å². The van der Waals surface area contributed by atoms with Gasteiger partial charge in [0.2, 0.25) is 5.75 Å². The van der Waals surface area contributed by atoms with Gasteiger partial charge < -0.3 is 30.2 Å². The third kappa shape index (κ3) is 3.78. The van der Waals surface area contributed by atoms with Gasteiger partial charge in [0.25, 0.3) is 0 Å². The minimum absolute atomic E-state index is 0.0545. The van der Waals surface area contributed by atoms with Crippen LogP contribution >= 0.6 is 0 Å². The molecule has 1 rings (SSSR count). The third-order valence-electron chi connectivity index (χ3n) is 2.30. The Morgan fingerprint density at radius 3 is 2.35 bits per heavy atom. The van der Waals surface area contributed by atoms with Crippen LogP contribution in [0.2, 0.25) is 0 Å². The molecule has 0 aliphatic heterocycles. The molecule has 1 aromatic rings. The topological polar surface area (TPSA) is 116 Å². The van der Waals surface area contributed by atoms with Gasteiger partial charge in [0.05, 0.1) is 0 Å². The van der Waals surface area contributed by atoms with E-state index in [1.165, 1.54) is 6.07 Å². The molecule has 4 N–H and O–H groups in total. The summed E-state index contributed by atoms with van der Waals surface area (Å²) in [4.78, 5) is 22.6. The molecular weight excluding hydrogens is 266 g/mol. The number of carbonyl (C=O) groups is 2. The highest BCUT2D eigenvalue weighted by molar-refractivity contribution is 5.76. The van der Waals surface area contributed by atoms with Crippen LogP contribution < -0.4 is 5.32 Å². The summed E-state index contributed by atoms with van der Waals surface area (Å²) >= 11 is 0. The summed E-state index contributed by atoms with van der Waals surface area (Å²) in [6, 6.07) is 1.09. The standard InChI is InChI=1S/C13H17NO6/c1-13(2,3)20-12(19)14-8(6-15)7-4-5-9(16)11(18)10(7)17/h4-6,8,16-18H,1-3H3,(H,14,19). The number of ether oxygens (including phenoxy) is 1. The molecule has 1 atom stereocenters. The molecule has 110 valence electrons. The van der Waals surface area contributed by atoms with Gasteiger partial charge in [0.1, 0.15) is 17.9 Å². The van der Waals surface area contributed by atoms with Crippen LogP contribution in [0.4, 0.5) is 4.79 Å². The van der Waals surface area contributed by atoms with E-state index >= 15 is 0 Å². The number of hydrogen-bond acceptors (Lipinski definition) is 6.